The molecule has 0 amide bonds. The minimum Gasteiger partial charge on any atom is -0.306 e. The first-order valence-electron chi connectivity index (χ1n) is 4.52. The normalized spacial score (nSPS) is 24.9. The van der Waals surface area contributed by atoms with Crippen molar-refractivity contribution >= 4 is 16.0 Å². The van der Waals surface area contributed by atoms with E-state index >= 15 is 0 Å². The standard InChI is InChI=1S/C8H14FNO3S/c1-10-4-2-3-7(5-10)8(11)6-14(9,12)13/h7H,2-6H2,1H3. The van der Waals surface area contributed by atoms with Crippen LogP contribution in [0.4, 0.5) is 3.89 Å². The Bertz CT molecular complexity index is 315. The van der Waals surface area contributed by atoms with Crippen LogP contribution >= 0.6 is 0 Å². The van der Waals surface area contributed by atoms with Crippen LogP contribution in [0.5, 0.6) is 0 Å². The highest BCUT2D eigenvalue weighted by atomic mass is 32.3. The van der Waals surface area contributed by atoms with Gasteiger partial charge in [0.1, 0.15) is 5.75 Å². The predicted octanol–water partition coefficient (Wildman–Crippen LogP) is 0.197. The summed E-state index contributed by atoms with van der Waals surface area (Å²) in [6.07, 6.45) is 1.53. The summed E-state index contributed by atoms with van der Waals surface area (Å²) in [6.45, 7) is 1.44. The molecule has 0 saturated carbocycles. The van der Waals surface area contributed by atoms with Crippen LogP contribution in [0.25, 0.3) is 0 Å². The van der Waals surface area contributed by atoms with E-state index in [4.69, 9.17) is 0 Å². The zero-order chi connectivity index (χ0) is 10.8. The largest absolute Gasteiger partial charge is 0.309 e. The maximum atomic E-state index is 12.2. The van der Waals surface area contributed by atoms with E-state index in [-0.39, 0.29) is 5.92 Å². The molecule has 1 saturated heterocycles. The van der Waals surface area contributed by atoms with Gasteiger partial charge in [-0.15, -0.1) is 3.89 Å². The SMILES string of the molecule is CN1CCCC(C(=O)CS(=O)(=O)F)C1. The third-order valence-corrected chi connectivity index (χ3v) is 3.02. The van der Waals surface area contributed by atoms with Gasteiger partial charge in [-0.1, -0.05) is 0 Å². The van der Waals surface area contributed by atoms with Crippen LogP contribution in [0.15, 0.2) is 0 Å². The smallest absolute Gasteiger partial charge is 0.306 e. The van der Waals surface area contributed by atoms with Gasteiger partial charge < -0.3 is 4.90 Å². The zero-order valence-corrected chi connectivity index (χ0v) is 8.89. The molecule has 4 nitrogen and oxygen atoms in total. The van der Waals surface area contributed by atoms with Gasteiger partial charge in [-0.3, -0.25) is 4.79 Å². The summed E-state index contributed by atoms with van der Waals surface area (Å²) in [5.74, 6) is -1.79. The summed E-state index contributed by atoms with van der Waals surface area (Å²) in [5, 5.41) is 0. The van der Waals surface area contributed by atoms with E-state index in [1.165, 1.54) is 0 Å². The number of rotatable bonds is 3. The molecule has 0 spiro atoms. The number of carbonyl (C=O) groups is 1. The molecule has 1 unspecified atom stereocenters. The van der Waals surface area contributed by atoms with Crippen molar-refractivity contribution in [2.24, 2.45) is 5.92 Å². The van der Waals surface area contributed by atoms with Crippen molar-refractivity contribution in [2.45, 2.75) is 12.8 Å². The lowest BCUT2D eigenvalue weighted by atomic mass is 9.95. The molecule has 0 aromatic carbocycles. The van der Waals surface area contributed by atoms with Gasteiger partial charge in [0.05, 0.1) is 0 Å². The van der Waals surface area contributed by atoms with Gasteiger partial charge in [-0.05, 0) is 26.4 Å². The molecule has 0 radical (unpaired) electrons. The highest BCUT2D eigenvalue weighted by molar-refractivity contribution is 7.87. The third-order valence-electron chi connectivity index (χ3n) is 2.39. The number of Topliss-reactive ketones (excluding diaryl/α,β-unsaturated/α-hetero) is 1. The Balaban J connectivity index is 2.52. The molecular weight excluding hydrogens is 209 g/mol. The highest BCUT2D eigenvalue weighted by Crippen LogP contribution is 2.16. The zero-order valence-electron chi connectivity index (χ0n) is 8.07. The Morgan fingerprint density at radius 3 is 2.71 bits per heavy atom. The summed E-state index contributed by atoms with van der Waals surface area (Å²) in [7, 11) is -2.79. The van der Waals surface area contributed by atoms with Crippen LogP contribution < -0.4 is 0 Å². The average molecular weight is 223 g/mol. The number of nitrogens with zero attached hydrogens (tertiary/aromatic N) is 1. The Hall–Kier alpha value is -0.490. The summed E-state index contributed by atoms with van der Waals surface area (Å²) in [5.41, 5.74) is 0. The first kappa shape index (κ1) is 11.6. The lowest BCUT2D eigenvalue weighted by Crippen LogP contribution is -2.37. The first-order valence-corrected chi connectivity index (χ1v) is 6.07. The molecule has 0 N–H and O–H groups in total. The Morgan fingerprint density at radius 1 is 1.57 bits per heavy atom. The van der Waals surface area contributed by atoms with Gasteiger partial charge >= 0.3 is 10.2 Å². The van der Waals surface area contributed by atoms with E-state index in [0.29, 0.717) is 13.0 Å². The number of hydrogen-bond donors (Lipinski definition) is 0. The van der Waals surface area contributed by atoms with Gasteiger partial charge in [0.25, 0.3) is 0 Å². The molecule has 1 aliphatic heterocycles. The second-order valence-corrected chi connectivity index (χ2v) is 5.12. The van der Waals surface area contributed by atoms with E-state index in [1.807, 2.05) is 11.9 Å². The second-order valence-electron chi connectivity index (χ2n) is 3.75. The third kappa shape index (κ3) is 3.71. The minimum absolute atomic E-state index is 0.320. The fourth-order valence-electron chi connectivity index (χ4n) is 1.72. The van der Waals surface area contributed by atoms with Gasteiger partial charge in [0.15, 0.2) is 5.78 Å². The van der Waals surface area contributed by atoms with Gasteiger partial charge in [0, 0.05) is 12.5 Å². The second kappa shape index (κ2) is 4.35. The maximum absolute atomic E-state index is 12.2. The van der Waals surface area contributed by atoms with Gasteiger partial charge in [-0.2, -0.15) is 8.42 Å². The summed E-state index contributed by atoms with van der Waals surface area (Å²) in [4.78, 5) is 13.3. The molecule has 1 heterocycles. The van der Waals surface area contributed by atoms with E-state index < -0.39 is 21.8 Å². The number of halogens is 1. The molecule has 14 heavy (non-hydrogen) atoms. The van der Waals surface area contributed by atoms with Gasteiger partial charge in [-0.25, -0.2) is 0 Å². The van der Waals surface area contributed by atoms with Crippen LogP contribution in [0, 0.1) is 5.92 Å². The number of carbonyl (C=O) groups excluding carboxylic acids is 1. The fraction of sp³-hybridized carbons (Fsp3) is 0.875. The van der Waals surface area contributed by atoms with Crippen molar-refractivity contribution in [1.82, 2.24) is 4.90 Å². The average Bonchev–Trinajstić information content (AvgIpc) is 2.01. The van der Waals surface area contributed by atoms with Crippen molar-refractivity contribution in [3.8, 4) is 0 Å². The van der Waals surface area contributed by atoms with Crippen molar-refractivity contribution in [1.29, 1.82) is 0 Å². The predicted molar refractivity (Wildman–Crippen MR) is 50.1 cm³/mol. The number of ketones is 1. The van der Waals surface area contributed by atoms with Crippen molar-refractivity contribution < 1.29 is 17.1 Å². The first-order chi connectivity index (χ1) is 6.38. The molecule has 82 valence electrons. The van der Waals surface area contributed by atoms with Crippen LogP contribution in [0.3, 0.4) is 0 Å². The molecule has 1 rings (SSSR count). The molecule has 0 aromatic heterocycles. The van der Waals surface area contributed by atoms with Crippen LogP contribution in [-0.4, -0.2) is 45.0 Å². The number of likely N-dealkylation sites (tertiary alicyclic amines) is 1. The molecule has 6 heteroatoms. The quantitative estimate of drug-likeness (QED) is 0.641. The Kier molecular flexibility index (Phi) is 3.60. The number of hydrogen-bond acceptors (Lipinski definition) is 4. The van der Waals surface area contributed by atoms with Crippen molar-refractivity contribution in [2.75, 3.05) is 25.9 Å². The van der Waals surface area contributed by atoms with E-state index in [1.54, 1.807) is 0 Å². The fourth-order valence-corrected chi connectivity index (χ4v) is 2.29. The summed E-state index contributed by atoms with van der Waals surface area (Å²) < 4.78 is 32.8. The monoisotopic (exact) mass is 223 g/mol. The topological polar surface area (TPSA) is 54.5 Å². The van der Waals surface area contributed by atoms with Gasteiger partial charge in [0.2, 0.25) is 0 Å². The summed E-state index contributed by atoms with van der Waals surface area (Å²) >= 11 is 0. The van der Waals surface area contributed by atoms with Crippen LogP contribution in [0.1, 0.15) is 12.8 Å². The van der Waals surface area contributed by atoms with Crippen LogP contribution in [0.2, 0.25) is 0 Å². The molecule has 1 aliphatic rings. The highest BCUT2D eigenvalue weighted by Gasteiger charge is 2.27. The lowest BCUT2D eigenvalue weighted by Gasteiger charge is -2.28. The summed E-state index contributed by atoms with van der Waals surface area (Å²) in [6, 6.07) is 0. The lowest BCUT2D eigenvalue weighted by molar-refractivity contribution is -0.121. The minimum atomic E-state index is -4.66. The maximum Gasteiger partial charge on any atom is 0.309 e. The number of piperidine rings is 1. The molecule has 1 atom stereocenters. The molecule has 1 fully saturated rings. The van der Waals surface area contributed by atoms with E-state index in [0.717, 1.165) is 13.0 Å². The molecular formula is C8H14FNO3S. The van der Waals surface area contributed by atoms with Crippen molar-refractivity contribution in [3.63, 3.8) is 0 Å². The molecule has 0 aromatic rings. The van der Waals surface area contributed by atoms with Crippen molar-refractivity contribution in [3.05, 3.63) is 0 Å². The Labute approximate surface area is 83.3 Å². The van der Waals surface area contributed by atoms with E-state index in [9.17, 15) is 17.1 Å². The van der Waals surface area contributed by atoms with Crippen LogP contribution in [-0.2, 0) is 15.0 Å². The molecule has 0 aliphatic carbocycles. The molecule has 0 bridgehead atoms. The Morgan fingerprint density at radius 2 is 2.21 bits per heavy atom. The van der Waals surface area contributed by atoms with E-state index in [2.05, 4.69) is 0 Å².